The minimum Gasteiger partial charge on any atom is -0.0883 e. The van der Waals surface area contributed by atoms with Gasteiger partial charge in [-0.2, -0.15) is 0 Å². The normalized spacial score (nSPS) is 37.8. The van der Waals surface area contributed by atoms with Crippen LogP contribution < -0.4 is 0 Å². The summed E-state index contributed by atoms with van der Waals surface area (Å²) in [5.41, 5.74) is 0. The molecule has 0 aromatic rings. The Morgan fingerprint density at radius 2 is 2.00 bits per heavy atom. The summed E-state index contributed by atoms with van der Waals surface area (Å²) >= 11 is 0. The van der Waals surface area contributed by atoms with Crippen molar-refractivity contribution in [2.45, 2.75) is 19.8 Å². The largest absolute Gasteiger partial charge is 0.0883 e. The van der Waals surface area contributed by atoms with Crippen molar-refractivity contribution >= 4 is 0 Å². The van der Waals surface area contributed by atoms with Crippen molar-refractivity contribution < 1.29 is 0 Å². The van der Waals surface area contributed by atoms with Gasteiger partial charge in [0.15, 0.2) is 0 Å². The number of allylic oxidation sites excluding steroid dienone is 2. The fourth-order valence-corrected chi connectivity index (χ4v) is 0.971. The van der Waals surface area contributed by atoms with E-state index in [1.165, 1.54) is 6.42 Å². The molecule has 0 fully saturated rings. The summed E-state index contributed by atoms with van der Waals surface area (Å²) < 4.78 is 0. The maximum absolute atomic E-state index is 5.73. The molecule has 8 heavy (non-hydrogen) atoms. The highest BCUT2D eigenvalue weighted by molar-refractivity contribution is 4.93. The lowest BCUT2D eigenvalue weighted by Crippen LogP contribution is -2.09. The first-order valence-electron chi connectivity index (χ1n) is 3.21. The predicted octanol–water partition coefficient (Wildman–Crippen LogP) is 2.30. The van der Waals surface area contributed by atoms with Crippen molar-refractivity contribution in [1.82, 2.24) is 0 Å². The highest BCUT2D eigenvalue weighted by atomic mass is 14.2. The fraction of sp³-hybridized carbons (Fsp3) is 0.625. The molecule has 0 amide bonds. The molecule has 0 aliphatic heterocycles. The van der Waals surface area contributed by atoms with Crippen LogP contribution in [0.15, 0.2) is 12.2 Å². The van der Waals surface area contributed by atoms with Crippen molar-refractivity contribution in [2.24, 2.45) is 11.8 Å². The van der Waals surface area contributed by atoms with Crippen LogP contribution in [0, 0.1) is 18.8 Å². The van der Waals surface area contributed by atoms with Gasteiger partial charge in [-0.05, 0) is 31.6 Å². The second-order valence-corrected chi connectivity index (χ2v) is 2.58. The molecule has 0 nitrogen and oxygen atoms in total. The van der Waals surface area contributed by atoms with Crippen LogP contribution in [0.1, 0.15) is 19.8 Å². The highest BCUT2D eigenvalue weighted by Crippen LogP contribution is 2.22. The lowest BCUT2D eigenvalue weighted by molar-refractivity contribution is 0.417. The molecule has 1 rings (SSSR count). The van der Waals surface area contributed by atoms with Crippen LogP contribution in [0.4, 0.5) is 0 Å². The maximum Gasteiger partial charge on any atom is -0.0312 e. The first-order chi connectivity index (χ1) is 3.80. The number of hydrogen-bond donors (Lipinski definition) is 0. The smallest absolute Gasteiger partial charge is 0.0312 e. The number of hydrogen-bond acceptors (Lipinski definition) is 0. The minimum absolute atomic E-state index is 0.417. The molecule has 0 heteroatoms. The average Bonchev–Trinajstić information content (AvgIpc) is 1.77. The second-order valence-electron chi connectivity index (χ2n) is 2.58. The Balaban J connectivity index is 2.44. The predicted molar refractivity (Wildman–Crippen MR) is 35.3 cm³/mol. The standard InChI is InChI=1S/C8H12/c1-7-5-3-4-6-8(7)2/h1,3-4,7-8H,5-6H2,2H3. The molecule has 44 valence electrons. The molecule has 0 bridgehead atoms. The molecule has 0 spiro atoms. The van der Waals surface area contributed by atoms with Gasteiger partial charge in [-0.1, -0.05) is 19.1 Å². The molecule has 0 N–H and O–H groups in total. The molecule has 0 saturated heterocycles. The summed E-state index contributed by atoms with van der Waals surface area (Å²) in [5.74, 6) is 1.11. The topological polar surface area (TPSA) is 0 Å². The first kappa shape index (κ1) is 5.87. The van der Waals surface area contributed by atoms with Gasteiger partial charge in [-0.15, -0.1) is 0 Å². The van der Waals surface area contributed by atoms with Crippen LogP contribution in [0.25, 0.3) is 0 Å². The molecular weight excluding hydrogens is 96.1 g/mol. The third-order valence-corrected chi connectivity index (χ3v) is 1.81. The third kappa shape index (κ3) is 1.12. The third-order valence-electron chi connectivity index (χ3n) is 1.81. The molecular formula is C8H12. The Morgan fingerprint density at radius 1 is 1.38 bits per heavy atom. The van der Waals surface area contributed by atoms with Crippen molar-refractivity contribution in [3.8, 4) is 0 Å². The monoisotopic (exact) mass is 108 g/mol. The molecule has 0 aromatic heterocycles. The molecule has 1 aliphatic rings. The van der Waals surface area contributed by atoms with E-state index in [1.807, 2.05) is 0 Å². The Bertz CT molecular complexity index is 80.2. The molecule has 0 aromatic carbocycles. The molecule has 1 aliphatic carbocycles. The summed E-state index contributed by atoms with van der Waals surface area (Å²) in [6.07, 6.45) is 6.63. The fourth-order valence-electron chi connectivity index (χ4n) is 0.971. The van der Waals surface area contributed by atoms with Gasteiger partial charge in [0, 0.05) is 0 Å². The lowest BCUT2D eigenvalue weighted by Gasteiger charge is -2.19. The summed E-state index contributed by atoms with van der Waals surface area (Å²) in [7, 11) is 0. The van der Waals surface area contributed by atoms with Crippen LogP contribution in [0.2, 0.25) is 0 Å². The van der Waals surface area contributed by atoms with E-state index in [0.717, 1.165) is 6.42 Å². The van der Waals surface area contributed by atoms with Crippen LogP contribution in [0.3, 0.4) is 0 Å². The van der Waals surface area contributed by atoms with E-state index in [4.69, 9.17) is 6.92 Å². The Kier molecular flexibility index (Phi) is 1.72. The van der Waals surface area contributed by atoms with E-state index >= 15 is 0 Å². The van der Waals surface area contributed by atoms with Gasteiger partial charge in [0.2, 0.25) is 0 Å². The highest BCUT2D eigenvalue weighted by Gasteiger charge is 2.11. The van der Waals surface area contributed by atoms with Crippen molar-refractivity contribution in [3.05, 3.63) is 19.1 Å². The number of rotatable bonds is 0. The van der Waals surface area contributed by atoms with Gasteiger partial charge in [-0.25, -0.2) is 0 Å². The van der Waals surface area contributed by atoms with Crippen molar-refractivity contribution in [3.63, 3.8) is 0 Å². The zero-order chi connectivity index (χ0) is 5.98. The quantitative estimate of drug-likeness (QED) is 0.418. The van der Waals surface area contributed by atoms with Gasteiger partial charge in [0.1, 0.15) is 0 Å². The SMILES string of the molecule is [CH]C1CC=CCC1C. The maximum atomic E-state index is 5.73. The van der Waals surface area contributed by atoms with Crippen molar-refractivity contribution in [2.75, 3.05) is 0 Å². The molecule has 2 radical (unpaired) electrons. The zero-order valence-corrected chi connectivity index (χ0v) is 5.30. The van der Waals surface area contributed by atoms with Crippen LogP contribution >= 0.6 is 0 Å². The minimum atomic E-state index is 0.417. The summed E-state index contributed by atoms with van der Waals surface area (Å²) in [5, 5.41) is 0. The Labute approximate surface area is 51.6 Å². The van der Waals surface area contributed by atoms with E-state index in [-0.39, 0.29) is 0 Å². The zero-order valence-electron chi connectivity index (χ0n) is 5.30. The van der Waals surface area contributed by atoms with Gasteiger partial charge < -0.3 is 0 Å². The average molecular weight is 108 g/mol. The second kappa shape index (κ2) is 2.34. The van der Waals surface area contributed by atoms with E-state index in [2.05, 4.69) is 19.1 Å². The van der Waals surface area contributed by atoms with E-state index < -0.39 is 0 Å². The molecule has 0 heterocycles. The van der Waals surface area contributed by atoms with Gasteiger partial charge in [0.25, 0.3) is 0 Å². The van der Waals surface area contributed by atoms with Crippen LogP contribution in [-0.4, -0.2) is 0 Å². The van der Waals surface area contributed by atoms with Gasteiger partial charge >= 0.3 is 0 Å². The Morgan fingerprint density at radius 3 is 2.38 bits per heavy atom. The van der Waals surface area contributed by atoms with E-state index in [1.54, 1.807) is 0 Å². The van der Waals surface area contributed by atoms with Gasteiger partial charge in [0.05, 0.1) is 0 Å². The van der Waals surface area contributed by atoms with Crippen LogP contribution in [0.5, 0.6) is 0 Å². The van der Waals surface area contributed by atoms with Crippen molar-refractivity contribution in [1.29, 1.82) is 0 Å². The van der Waals surface area contributed by atoms with E-state index in [0.29, 0.717) is 11.8 Å². The Hall–Kier alpha value is -0.260. The summed E-state index contributed by atoms with van der Waals surface area (Å²) in [6, 6.07) is 0. The van der Waals surface area contributed by atoms with Crippen LogP contribution in [-0.2, 0) is 0 Å². The molecule has 0 saturated carbocycles. The first-order valence-corrected chi connectivity index (χ1v) is 3.21. The summed E-state index contributed by atoms with van der Waals surface area (Å²) in [6.45, 7) is 7.93. The lowest BCUT2D eigenvalue weighted by atomic mass is 9.86. The molecule has 2 atom stereocenters. The van der Waals surface area contributed by atoms with Gasteiger partial charge in [-0.3, -0.25) is 0 Å². The van der Waals surface area contributed by atoms with E-state index in [9.17, 15) is 0 Å². The summed E-state index contributed by atoms with van der Waals surface area (Å²) in [4.78, 5) is 0. The molecule has 2 unspecified atom stereocenters.